The molecule has 0 unspecified atom stereocenters. The molecule has 4 rings (SSSR count). The first-order valence-corrected chi connectivity index (χ1v) is 10.1. The molecule has 0 aliphatic rings. The Kier molecular flexibility index (Phi) is 5.20. The van der Waals surface area contributed by atoms with E-state index < -0.39 is 0 Å². The summed E-state index contributed by atoms with van der Waals surface area (Å²) >= 11 is 4.79. The number of anilines is 1. The van der Waals surface area contributed by atoms with Crippen molar-refractivity contribution in [2.45, 2.75) is 6.42 Å². The molecule has 0 spiro atoms. The number of methoxy groups -OCH3 is 1. The monoisotopic (exact) mass is 444 g/mol. The van der Waals surface area contributed by atoms with Crippen LogP contribution < -0.4 is 10.9 Å². The summed E-state index contributed by atoms with van der Waals surface area (Å²) in [6.45, 7) is 1.47. The van der Waals surface area contributed by atoms with E-state index in [4.69, 9.17) is 4.74 Å². The highest BCUT2D eigenvalue weighted by molar-refractivity contribution is 9.10. The van der Waals surface area contributed by atoms with E-state index in [1.807, 2.05) is 30.3 Å². The summed E-state index contributed by atoms with van der Waals surface area (Å²) in [5.41, 5.74) is 2.32. The largest absolute Gasteiger partial charge is 0.385 e. The maximum Gasteiger partial charge on any atom is 0.275 e. The van der Waals surface area contributed by atoms with Crippen molar-refractivity contribution in [3.63, 3.8) is 0 Å². The van der Waals surface area contributed by atoms with E-state index in [0.29, 0.717) is 16.8 Å². The van der Waals surface area contributed by atoms with Gasteiger partial charge in [0.05, 0.1) is 16.6 Å². The zero-order chi connectivity index (χ0) is 18.8. The van der Waals surface area contributed by atoms with E-state index in [-0.39, 0.29) is 5.56 Å². The maximum absolute atomic E-state index is 13.1. The number of hydrogen-bond acceptors (Lipinski definition) is 6. The molecular formula is C19H17BrN4O2S. The SMILES string of the molecule is COCCCNc1ccnc2sc3c(=O)n(-c4ccc(Br)cc4)cnc3c12. The van der Waals surface area contributed by atoms with Crippen LogP contribution in [0.1, 0.15) is 6.42 Å². The van der Waals surface area contributed by atoms with Crippen molar-refractivity contribution in [1.82, 2.24) is 14.5 Å². The summed E-state index contributed by atoms with van der Waals surface area (Å²) in [6, 6.07) is 9.49. The second kappa shape index (κ2) is 7.75. The Morgan fingerprint density at radius 1 is 1.22 bits per heavy atom. The Morgan fingerprint density at radius 3 is 2.81 bits per heavy atom. The number of pyridine rings is 1. The lowest BCUT2D eigenvalue weighted by molar-refractivity contribution is 0.198. The Bertz CT molecular complexity index is 1150. The second-order valence-electron chi connectivity index (χ2n) is 5.99. The third-order valence-electron chi connectivity index (χ3n) is 4.23. The van der Waals surface area contributed by atoms with Gasteiger partial charge in [0, 0.05) is 36.6 Å². The molecule has 27 heavy (non-hydrogen) atoms. The lowest BCUT2D eigenvalue weighted by atomic mass is 10.2. The third-order valence-corrected chi connectivity index (χ3v) is 5.83. The molecule has 0 fully saturated rings. The summed E-state index contributed by atoms with van der Waals surface area (Å²) in [7, 11) is 1.69. The fourth-order valence-corrected chi connectivity index (χ4v) is 4.24. The molecule has 138 valence electrons. The van der Waals surface area contributed by atoms with Crippen LogP contribution in [0.15, 0.2) is 52.1 Å². The standard InChI is InChI=1S/C19H17BrN4O2S/c1-26-10-2-8-21-14-7-9-22-18-15(14)16-17(27-18)19(25)24(11-23-16)13-5-3-12(20)4-6-13/h3-7,9,11H,2,8,10H2,1H3,(H,21,22). The summed E-state index contributed by atoms with van der Waals surface area (Å²) < 4.78 is 8.22. The number of benzene rings is 1. The molecule has 1 aromatic carbocycles. The lowest BCUT2D eigenvalue weighted by Gasteiger charge is -2.08. The van der Waals surface area contributed by atoms with Gasteiger partial charge in [-0.05, 0) is 36.8 Å². The van der Waals surface area contributed by atoms with Gasteiger partial charge in [-0.3, -0.25) is 9.36 Å². The van der Waals surface area contributed by atoms with Gasteiger partial charge in [0.1, 0.15) is 15.9 Å². The molecular weight excluding hydrogens is 428 g/mol. The van der Waals surface area contributed by atoms with Crippen LogP contribution in [0, 0.1) is 0 Å². The Hall–Kier alpha value is -2.29. The molecule has 4 aromatic rings. The number of halogens is 1. The van der Waals surface area contributed by atoms with E-state index in [1.54, 1.807) is 24.2 Å². The zero-order valence-corrected chi connectivity index (χ0v) is 17.0. The van der Waals surface area contributed by atoms with Crippen LogP contribution >= 0.6 is 27.3 Å². The Morgan fingerprint density at radius 2 is 2.04 bits per heavy atom. The van der Waals surface area contributed by atoms with E-state index in [2.05, 4.69) is 31.2 Å². The van der Waals surface area contributed by atoms with Gasteiger partial charge in [-0.25, -0.2) is 9.97 Å². The van der Waals surface area contributed by atoms with Crippen molar-refractivity contribution >= 4 is 53.4 Å². The number of rotatable bonds is 6. The minimum Gasteiger partial charge on any atom is -0.385 e. The summed E-state index contributed by atoms with van der Waals surface area (Å²) in [5, 5.41) is 4.30. The first-order chi connectivity index (χ1) is 13.2. The van der Waals surface area contributed by atoms with Crippen molar-refractivity contribution in [2.75, 3.05) is 25.6 Å². The van der Waals surface area contributed by atoms with E-state index in [9.17, 15) is 4.79 Å². The molecule has 3 heterocycles. The molecule has 0 atom stereocenters. The number of thiophene rings is 1. The first kappa shape index (κ1) is 18.1. The average molecular weight is 445 g/mol. The topological polar surface area (TPSA) is 69.0 Å². The minimum atomic E-state index is -0.0874. The third kappa shape index (κ3) is 3.47. The highest BCUT2D eigenvalue weighted by atomic mass is 79.9. The van der Waals surface area contributed by atoms with Gasteiger partial charge in [0.2, 0.25) is 0 Å². The maximum atomic E-state index is 13.1. The molecule has 0 aliphatic carbocycles. The first-order valence-electron chi connectivity index (χ1n) is 8.46. The van der Waals surface area contributed by atoms with Crippen LogP contribution in [-0.2, 0) is 4.74 Å². The Labute approximate surface area is 168 Å². The molecule has 0 bridgehead atoms. The molecule has 0 aliphatic heterocycles. The fourth-order valence-electron chi connectivity index (χ4n) is 2.93. The summed E-state index contributed by atoms with van der Waals surface area (Å²) in [6.07, 6.45) is 4.23. The van der Waals surface area contributed by atoms with Crippen LogP contribution in [-0.4, -0.2) is 34.8 Å². The van der Waals surface area contributed by atoms with Crippen molar-refractivity contribution in [1.29, 1.82) is 0 Å². The number of ether oxygens (including phenoxy) is 1. The molecule has 0 saturated heterocycles. The molecule has 0 radical (unpaired) electrons. The molecule has 3 aromatic heterocycles. The summed E-state index contributed by atoms with van der Waals surface area (Å²) in [4.78, 5) is 22.9. The number of nitrogens with zero attached hydrogens (tertiary/aromatic N) is 3. The average Bonchev–Trinajstić information content (AvgIpc) is 3.07. The summed E-state index contributed by atoms with van der Waals surface area (Å²) in [5.74, 6) is 0. The van der Waals surface area contributed by atoms with Crippen LogP contribution in [0.4, 0.5) is 5.69 Å². The quantitative estimate of drug-likeness (QED) is 0.451. The normalized spacial score (nSPS) is 11.3. The molecule has 0 saturated carbocycles. The van der Waals surface area contributed by atoms with Gasteiger partial charge in [-0.15, -0.1) is 11.3 Å². The highest BCUT2D eigenvalue weighted by Crippen LogP contribution is 2.34. The van der Waals surface area contributed by atoms with Crippen molar-refractivity contribution < 1.29 is 4.74 Å². The van der Waals surface area contributed by atoms with Crippen LogP contribution in [0.2, 0.25) is 0 Å². The van der Waals surface area contributed by atoms with Gasteiger partial charge >= 0.3 is 0 Å². The zero-order valence-electron chi connectivity index (χ0n) is 14.6. The van der Waals surface area contributed by atoms with Gasteiger partial charge in [-0.2, -0.15) is 0 Å². The van der Waals surface area contributed by atoms with E-state index >= 15 is 0 Å². The van der Waals surface area contributed by atoms with Crippen molar-refractivity contribution in [3.8, 4) is 5.69 Å². The van der Waals surface area contributed by atoms with E-state index in [1.165, 1.54) is 11.3 Å². The lowest BCUT2D eigenvalue weighted by Crippen LogP contribution is -2.17. The molecule has 8 heteroatoms. The second-order valence-corrected chi connectivity index (χ2v) is 7.90. The number of hydrogen-bond donors (Lipinski definition) is 1. The van der Waals surface area contributed by atoms with Crippen molar-refractivity contribution in [2.24, 2.45) is 0 Å². The number of fused-ring (bicyclic) bond motifs is 3. The highest BCUT2D eigenvalue weighted by Gasteiger charge is 2.16. The van der Waals surface area contributed by atoms with Crippen molar-refractivity contribution in [3.05, 3.63) is 57.7 Å². The number of nitrogens with one attached hydrogen (secondary N) is 1. The van der Waals surface area contributed by atoms with Gasteiger partial charge < -0.3 is 10.1 Å². The van der Waals surface area contributed by atoms with Crippen LogP contribution in [0.3, 0.4) is 0 Å². The van der Waals surface area contributed by atoms with Gasteiger partial charge in [0.15, 0.2) is 0 Å². The molecule has 6 nitrogen and oxygen atoms in total. The fraction of sp³-hybridized carbons (Fsp3) is 0.211. The minimum absolute atomic E-state index is 0.0874. The number of aromatic nitrogens is 3. The van der Waals surface area contributed by atoms with Crippen LogP contribution in [0.25, 0.3) is 26.1 Å². The predicted octanol–water partition coefficient (Wildman–Crippen LogP) is 4.21. The van der Waals surface area contributed by atoms with E-state index in [0.717, 1.165) is 39.0 Å². The molecule has 0 amide bonds. The van der Waals surface area contributed by atoms with Gasteiger partial charge in [-0.1, -0.05) is 15.9 Å². The predicted molar refractivity (Wildman–Crippen MR) is 113 cm³/mol. The smallest absolute Gasteiger partial charge is 0.275 e. The van der Waals surface area contributed by atoms with Crippen LogP contribution in [0.5, 0.6) is 0 Å². The van der Waals surface area contributed by atoms with Gasteiger partial charge in [0.25, 0.3) is 5.56 Å². The Balaban J connectivity index is 1.81. The molecule has 1 N–H and O–H groups in total.